The Morgan fingerprint density at radius 1 is 1.20 bits per heavy atom. The van der Waals surface area contributed by atoms with Crippen molar-refractivity contribution in [2.24, 2.45) is 5.92 Å². The maximum atomic E-state index is 10.6. The fourth-order valence-corrected chi connectivity index (χ4v) is 4.04. The molecule has 0 spiro atoms. The van der Waals surface area contributed by atoms with Crippen LogP contribution in [0.2, 0.25) is 0 Å². The molecular weight excluding hydrogens is 314 g/mol. The number of aliphatic hydroxyl groups excluding tert-OH is 1. The van der Waals surface area contributed by atoms with Gasteiger partial charge in [-0.05, 0) is 55.8 Å². The lowest BCUT2D eigenvalue weighted by atomic mass is 9.91. The lowest BCUT2D eigenvalue weighted by molar-refractivity contribution is 0.145. The van der Waals surface area contributed by atoms with Crippen LogP contribution in [0.1, 0.15) is 37.4 Å². The van der Waals surface area contributed by atoms with Crippen molar-refractivity contribution in [1.29, 1.82) is 0 Å². The van der Waals surface area contributed by atoms with Gasteiger partial charge in [0, 0.05) is 13.1 Å². The number of benzene rings is 1. The van der Waals surface area contributed by atoms with Gasteiger partial charge in [0.15, 0.2) is 11.5 Å². The monoisotopic (exact) mass is 341 g/mol. The van der Waals surface area contributed by atoms with E-state index in [0.717, 1.165) is 43.1 Å². The van der Waals surface area contributed by atoms with Crippen LogP contribution in [0.25, 0.3) is 0 Å². The molecule has 3 aliphatic rings. The molecule has 0 amide bonds. The number of allylic oxidation sites excluding steroid dienone is 3. The molecule has 4 heteroatoms. The zero-order chi connectivity index (χ0) is 17.1. The van der Waals surface area contributed by atoms with Gasteiger partial charge >= 0.3 is 0 Å². The molecule has 0 bridgehead atoms. The Labute approximate surface area is 149 Å². The first-order valence-electron chi connectivity index (χ1n) is 9.45. The second kappa shape index (κ2) is 7.63. The molecule has 0 radical (unpaired) electrons. The molecule has 2 heterocycles. The molecule has 1 N–H and O–H groups in total. The normalized spacial score (nSPS) is 24.2. The molecule has 0 saturated carbocycles. The Morgan fingerprint density at radius 2 is 2.08 bits per heavy atom. The summed E-state index contributed by atoms with van der Waals surface area (Å²) in [5, 5.41) is 10.6. The lowest BCUT2D eigenvalue weighted by Crippen LogP contribution is -2.24. The van der Waals surface area contributed by atoms with Gasteiger partial charge in [-0.15, -0.1) is 0 Å². The van der Waals surface area contributed by atoms with Crippen LogP contribution in [0.3, 0.4) is 0 Å². The first-order valence-corrected chi connectivity index (χ1v) is 9.45. The molecule has 134 valence electrons. The minimum absolute atomic E-state index is 0.452. The number of rotatable bonds is 5. The van der Waals surface area contributed by atoms with Crippen molar-refractivity contribution in [2.45, 2.75) is 31.8 Å². The van der Waals surface area contributed by atoms with Crippen LogP contribution < -0.4 is 9.47 Å². The van der Waals surface area contributed by atoms with E-state index in [0.29, 0.717) is 19.1 Å². The van der Waals surface area contributed by atoms with Crippen LogP contribution in [-0.4, -0.2) is 42.9 Å². The second-order valence-corrected chi connectivity index (χ2v) is 7.20. The Bertz CT molecular complexity index is 667. The number of hydrogen-bond acceptors (Lipinski definition) is 4. The predicted octanol–water partition coefficient (Wildman–Crippen LogP) is 3.48. The van der Waals surface area contributed by atoms with Crippen LogP contribution in [0, 0.1) is 5.92 Å². The first-order chi connectivity index (χ1) is 12.3. The summed E-state index contributed by atoms with van der Waals surface area (Å²) in [7, 11) is 0. The molecule has 25 heavy (non-hydrogen) atoms. The molecule has 4 nitrogen and oxygen atoms in total. The van der Waals surface area contributed by atoms with E-state index in [4.69, 9.17) is 9.47 Å². The van der Waals surface area contributed by atoms with E-state index in [1.54, 1.807) is 5.57 Å². The third-order valence-electron chi connectivity index (χ3n) is 5.51. The molecule has 2 aliphatic heterocycles. The van der Waals surface area contributed by atoms with Crippen molar-refractivity contribution in [3.05, 3.63) is 47.6 Å². The van der Waals surface area contributed by atoms with E-state index >= 15 is 0 Å². The Morgan fingerprint density at radius 3 is 2.92 bits per heavy atom. The van der Waals surface area contributed by atoms with Gasteiger partial charge in [-0.25, -0.2) is 0 Å². The summed E-state index contributed by atoms with van der Waals surface area (Å²) in [5.74, 6) is 2.23. The van der Waals surface area contributed by atoms with Crippen molar-refractivity contribution >= 4 is 0 Å². The summed E-state index contributed by atoms with van der Waals surface area (Å²) in [6.45, 7) is 4.38. The van der Waals surface area contributed by atoms with Gasteiger partial charge in [-0.1, -0.05) is 29.9 Å². The summed E-state index contributed by atoms with van der Waals surface area (Å²) < 4.78 is 11.2. The van der Waals surface area contributed by atoms with Crippen LogP contribution in [0.5, 0.6) is 11.5 Å². The average molecular weight is 341 g/mol. The molecule has 1 aliphatic carbocycles. The largest absolute Gasteiger partial charge is 0.486 e. The van der Waals surface area contributed by atoms with E-state index in [-0.39, 0.29) is 0 Å². The quantitative estimate of drug-likeness (QED) is 0.890. The maximum Gasteiger partial charge on any atom is 0.161 e. The van der Waals surface area contributed by atoms with Gasteiger partial charge in [0.2, 0.25) is 0 Å². The average Bonchev–Trinajstić information content (AvgIpc) is 3.15. The minimum Gasteiger partial charge on any atom is -0.486 e. The molecular formula is C21H27NO3. The first kappa shape index (κ1) is 16.7. The highest BCUT2D eigenvalue weighted by molar-refractivity contribution is 5.44. The topological polar surface area (TPSA) is 41.9 Å². The minimum atomic E-state index is -0.452. The highest BCUT2D eigenvalue weighted by Crippen LogP contribution is 2.34. The summed E-state index contributed by atoms with van der Waals surface area (Å²) in [5.41, 5.74) is 2.53. The van der Waals surface area contributed by atoms with Crippen LogP contribution in [0.4, 0.5) is 0 Å². The van der Waals surface area contributed by atoms with Crippen molar-refractivity contribution in [3.8, 4) is 11.5 Å². The van der Waals surface area contributed by atoms with Crippen molar-refractivity contribution < 1.29 is 14.6 Å². The number of aliphatic hydroxyl groups is 1. The molecule has 0 aromatic heterocycles. The van der Waals surface area contributed by atoms with Gasteiger partial charge in [0.1, 0.15) is 13.2 Å². The van der Waals surface area contributed by atoms with E-state index in [1.807, 2.05) is 18.2 Å². The van der Waals surface area contributed by atoms with E-state index in [2.05, 4.69) is 23.1 Å². The third-order valence-corrected chi connectivity index (χ3v) is 5.51. The second-order valence-electron chi connectivity index (χ2n) is 7.20. The Kier molecular flexibility index (Phi) is 5.09. The zero-order valence-electron chi connectivity index (χ0n) is 14.7. The fraction of sp³-hybridized carbons (Fsp3) is 0.524. The third kappa shape index (κ3) is 3.91. The van der Waals surface area contributed by atoms with E-state index < -0.39 is 6.10 Å². The van der Waals surface area contributed by atoms with Crippen LogP contribution >= 0.6 is 0 Å². The molecule has 1 aromatic carbocycles. The van der Waals surface area contributed by atoms with Crippen LogP contribution in [0.15, 0.2) is 42.0 Å². The van der Waals surface area contributed by atoms with E-state index in [9.17, 15) is 5.11 Å². The van der Waals surface area contributed by atoms with Gasteiger partial charge in [0.25, 0.3) is 0 Å². The summed E-state index contributed by atoms with van der Waals surface area (Å²) in [6, 6.07) is 5.78. The summed E-state index contributed by atoms with van der Waals surface area (Å²) >= 11 is 0. The van der Waals surface area contributed by atoms with Gasteiger partial charge in [0.05, 0.1) is 6.10 Å². The molecule has 2 atom stereocenters. The number of ether oxygens (including phenoxy) is 2. The molecule has 1 saturated heterocycles. The summed E-state index contributed by atoms with van der Waals surface area (Å²) in [6.07, 6.45) is 10.7. The Hall–Kier alpha value is -1.78. The number of fused-ring (bicyclic) bond motifs is 1. The number of likely N-dealkylation sites (tertiary alicyclic amines) is 1. The van der Waals surface area contributed by atoms with Crippen LogP contribution in [-0.2, 0) is 0 Å². The van der Waals surface area contributed by atoms with Gasteiger partial charge < -0.3 is 19.5 Å². The van der Waals surface area contributed by atoms with Crippen molar-refractivity contribution in [2.75, 3.05) is 32.8 Å². The summed E-state index contributed by atoms with van der Waals surface area (Å²) in [4.78, 5) is 2.49. The van der Waals surface area contributed by atoms with E-state index in [1.165, 1.54) is 19.3 Å². The Balaban J connectivity index is 1.30. The van der Waals surface area contributed by atoms with Gasteiger partial charge in [-0.3, -0.25) is 0 Å². The molecule has 2 unspecified atom stereocenters. The molecule has 1 aromatic rings. The molecule has 1 fully saturated rings. The van der Waals surface area contributed by atoms with Crippen molar-refractivity contribution in [1.82, 2.24) is 4.90 Å². The highest BCUT2D eigenvalue weighted by Gasteiger charge is 2.26. The SMILES string of the molecule is OC(CCN1CCC(C2=CC=CCC2)C1)c1ccc2c(c1)OCCO2. The lowest BCUT2D eigenvalue weighted by Gasteiger charge is -2.22. The predicted molar refractivity (Wildman–Crippen MR) is 98.0 cm³/mol. The van der Waals surface area contributed by atoms with Crippen molar-refractivity contribution in [3.63, 3.8) is 0 Å². The molecule has 4 rings (SSSR count). The smallest absolute Gasteiger partial charge is 0.161 e. The van der Waals surface area contributed by atoms with Gasteiger partial charge in [-0.2, -0.15) is 0 Å². The number of nitrogens with zero attached hydrogens (tertiary/aromatic N) is 1. The highest BCUT2D eigenvalue weighted by atomic mass is 16.6. The fourth-order valence-electron chi connectivity index (χ4n) is 4.04. The zero-order valence-corrected chi connectivity index (χ0v) is 14.7. The maximum absolute atomic E-state index is 10.6. The number of hydrogen-bond donors (Lipinski definition) is 1. The standard InChI is InChI=1S/C21H27NO3/c23-19(17-6-7-20-21(14-17)25-13-12-24-20)9-11-22-10-8-18(15-22)16-4-2-1-3-5-16/h1-2,4,6-7,14,18-19,23H,3,5,8-13,15H2.